The molecule has 0 unspecified atom stereocenters. The van der Waals surface area contributed by atoms with Crippen molar-refractivity contribution in [3.05, 3.63) is 64.6 Å². The van der Waals surface area contributed by atoms with E-state index < -0.39 is 5.66 Å². The molecule has 1 aliphatic heterocycles. The third-order valence-electron chi connectivity index (χ3n) is 5.82. The van der Waals surface area contributed by atoms with Crippen molar-refractivity contribution in [1.29, 1.82) is 0 Å². The summed E-state index contributed by atoms with van der Waals surface area (Å²) in [5.41, 5.74) is 1.38. The summed E-state index contributed by atoms with van der Waals surface area (Å²) in [4.78, 5) is 32.7. The van der Waals surface area contributed by atoms with E-state index in [1.807, 2.05) is 54.6 Å². The topological polar surface area (TPSA) is 61.8 Å². The van der Waals surface area contributed by atoms with Crippen LogP contribution in [0.15, 0.2) is 64.1 Å². The second-order valence-corrected chi connectivity index (χ2v) is 8.85. The minimum atomic E-state index is -0.605. The molecule has 1 heterocycles. The van der Waals surface area contributed by atoms with Crippen LogP contribution in [0.1, 0.15) is 38.2 Å². The monoisotopic (exact) mass is 453 g/mol. The van der Waals surface area contributed by atoms with Gasteiger partial charge in [0.15, 0.2) is 0 Å². The maximum Gasteiger partial charge on any atom is 0.275 e. The summed E-state index contributed by atoms with van der Waals surface area (Å²) in [6.45, 7) is 2.24. The number of nitrogens with one attached hydrogen (secondary N) is 1. The molecule has 4 rings (SSSR count). The summed E-state index contributed by atoms with van der Waals surface area (Å²) in [5, 5.41) is 2.90. The van der Waals surface area contributed by atoms with Crippen LogP contribution in [-0.2, 0) is 9.59 Å². The Morgan fingerprint density at radius 3 is 2.45 bits per heavy atom. The zero-order valence-electron chi connectivity index (χ0n) is 16.4. The number of hydrogen-bond acceptors (Lipinski definition) is 3. The first kappa shape index (κ1) is 19.8. The van der Waals surface area contributed by atoms with Gasteiger partial charge >= 0.3 is 0 Å². The zero-order valence-corrected chi connectivity index (χ0v) is 18.0. The summed E-state index contributed by atoms with van der Waals surface area (Å²) in [5.74, 6) is 0.255. The van der Waals surface area contributed by atoms with Crippen LogP contribution in [0.3, 0.4) is 0 Å². The van der Waals surface area contributed by atoms with Crippen molar-refractivity contribution >= 4 is 39.1 Å². The third-order valence-corrected chi connectivity index (χ3v) is 6.35. The Morgan fingerprint density at radius 2 is 1.79 bits per heavy atom. The predicted octanol–water partition coefficient (Wildman–Crippen LogP) is 4.63. The van der Waals surface area contributed by atoms with Crippen LogP contribution in [0, 0.1) is 5.92 Å². The molecule has 2 aromatic carbocycles. The van der Waals surface area contributed by atoms with E-state index in [0.29, 0.717) is 17.3 Å². The Hall–Kier alpha value is -2.47. The molecule has 6 heteroatoms. The molecule has 1 spiro atoms. The number of benzene rings is 2. The van der Waals surface area contributed by atoms with E-state index in [2.05, 4.69) is 28.2 Å². The van der Waals surface area contributed by atoms with Gasteiger partial charge in [-0.15, -0.1) is 0 Å². The van der Waals surface area contributed by atoms with Gasteiger partial charge < -0.3 is 10.2 Å². The zero-order chi connectivity index (χ0) is 20.4. The number of carbonyl (C=O) groups is 2. The second-order valence-electron chi connectivity index (χ2n) is 7.94. The molecule has 0 bridgehead atoms. The van der Waals surface area contributed by atoms with Crippen LogP contribution < -0.4 is 5.32 Å². The minimum Gasteiger partial charge on any atom is -0.325 e. The van der Waals surface area contributed by atoms with Crippen molar-refractivity contribution in [2.45, 2.75) is 38.3 Å². The fraction of sp³-hybridized carbons (Fsp3) is 0.348. The highest BCUT2D eigenvalue weighted by Gasteiger charge is 2.49. The van der Waals surface area contributed by atoms with Crippen LogP contribution in [-0.4, -0.2) is 34.6 Å². The molecule has 0 aromatic heterocycles. The van der Waals surface area contributed by atoms with Crippen molar-refractivity contribution in [3.63, 3.8) is 0 Å². The second kappa shape index (κ2) is 8.11. The van der Waals surface area contributed by atoms with Crippen LogP contribution in [0.2, 0.25) is 0 Å². The van der Waals surface area contributed by atoms with Gasteiger partial charge in [0.2, 0.25) is 5.91 Å². The minimum absolute atomic E-state index is 0.00309. The molecule has 1 N–H and O–H groups in total. The predicted molar refractivity (Wildman–Crippen MR) is 118 cm³/mol. The number of amides is 2. The molecule has 2 amide bonds. The van der Waals surface area contributed by atoms with E-state index in [9.17, 15) is 9.59 Å². The van der Waals surface area contributed by atoms with Gasteiger partial charge in [0.1, 0.15) is 17.9 Å². The van der Waals surface area contributed by atoms with Gasteiger partial charge in [0, 0.05) is 15.7 Å². The summed E-state index contributed by atoms with van der Waals surface area (Å²) in [7, 11) is 0. The molecule has 0 radical (unpaired) electrons. The van der Waals surface area contributed by atoms with Gasteiger partial charge in [-0.25, -0.2) is 0 Å². The average molecular weight is 454 g/mol. The Bertz CT molecular complexity index is 932. The molecule has 150 valence electrons. The number of rotatable bonds is 4. The maximum atomic E-state index is 13.3. The van der Waals surface area contributed by atoms with Crippen molar-refractivity contribution in [2.75, 3.05) is 11.9 Å². The van der Waals surface area contributed by atoms with Crippen LogP contribution >= 0.6 is 15.9 Å². The number of hydrogen-bond donors (Lipinski definition) is 1. The van der Waals surface area contributed by atoms with Crippen LogP contribution in [0.25, 0.3) is 0 Å². The first-order chi connectivity index (χ1) is 14.0. The lowest BCUT2D eigenvalue weighted by molar-refractivity contribution is -0.134. The molecule has 1 aliphatic carbocycles. The molecule has 29 heavy (non-hydrogen) atoms. The van der Waals surface area contributed by atoms with Crippen molar-refractivity contribution in [2.24, 2.45) is 10.9 Å². The molecule has 1 saturated carbocycles. The standard InChI is InChI=1S/C23H24BrN3O2/c1-16-11-13-23(14-12-16)26-21(17-5-3-2-4-6-17)22(29)27(23)15-20(28)25-19-9-7-18(24)8-10-19/h2-10,16H,11-15H2,1H3,(H,25,28). The Morgan fingerprint density at radius 1 is 1.14 bits per heavy atom. The van der Waals surface area contributed by atoms with Crippen molar-refractivity contribution in [1.82, 2.24) is 4.90 Å². The van der Waals surface area contributed by atoms with Gasteiger partial charge in [-0.05, 0) is 55.9 Å². The van der Waals surface area contributed by atoms with E-state index in [1.54, 1.807) is 4.90 Å². The highest BCUT2D eigenvalue weighted by molar-refractivity contribution is 9.10. The van der Waals surface area contributed by atoms with Gasteiger partial charge in [-0.1, -0.05) is 53.2 Å². The van der Waals surface area contributed by atoms with E-state index in [1.165, 1.54) is 0 Å². The summed E-state index contributed by atoms with van der Waals surface area (Å²) < 4.78 is 0.946. The maximum absolute atomic E-state index is 13.3. The number of aliphatic imine (C=N–C) groups is 1. The molecule has 2 aromatic rings. The molecule has 5 nitrogen and oxygen atoms in total. The summed E-state index contributed by atoms with van der Waals surface area (Å²) >= 11 is 3.39. The van der Waals surface area contributed by atoms with Gasteiger partial charge in [-0.2, -0.15) is 0 Å². The van der Waals surface area contributed by atoms with E-state index in [4.69, 9.17) is 4.99 Å². The SMILES string of the molecule is CC1CCC2(CC1)N=C(c1ccccc1)C(=O)N2CC(=O)Nc1ccc(Br)cc1. The Labute approximate surface area is 179 Å². The number of carbonyl (C=O) groups excluding carboxylic acids is 2. The van der Waals surface area contributed by atoms with Gasteiger partial charge in [-0.3, -0.25) is 14.6 Å². The molecule has 0 saturated heterocycles. The van der Waals surface area contributed by atoms with E-state index in [-0.39, 0.29) is 18.4 Å². The molecular weight excluding hydrogens is 430 g/mol. The van der Waals surface area contributed by atoms with Crippen molar-refractivity contribution < 1.29 is 9.59 Å². The highest BCUT2D eigenvalue weighted by Crippen LogP contribution is 2.41. The highest BCUT2D eigenvalue weighted by atomic mass is 79.9. The first-order valence-electron chi connectivity index (χ1n) is 9.99. The Balaban J connectivity index is 1.58. The molecule has 0 atom stereocenters. The molecule has 2 aliphatic rings. The van der Waals surface area contributed by atoms with Gasteiger partial charge in [0.25, 0.3) is 5.91 Å². The largest absolute Gasteiger partial charge is 0.325 e. The number of halogens is 1. The lowest BCUT2D eigenvalue weighted by Gasteiger charge is -2.40. The lowest BCUT2D eigenvalue weighted by Crippen LogP contribution is -2.51. The smallest absolute Gasteiger partial charge is 0.275 e. The van der Waals surface area contributed by atoms with Crippen LogP contribution in [0.5, 0.6) is 0 Å². The normalized spacial score (nSPS) is 23.9. The van der Waals surface area contributed by atoms with Crippen molar-refractivity contribution in [3.8, 4) is 0 Å². The number of nitrogens with zero attached hydrogens (tertiary/aromatic N) is 2. The summed E-state index contributed by atoms with van der Waals surface area (Å²) in [6, 6.07) is 16.9. The number of anilines is 1. The third kappa shape index (κ3) is 4.13. The average Bonchev–Trinajstić information content (AvgIpc) is 2.99. The lowest BCUT2D eigenvalue weighted by atomic mass is 9.82. The summed E-state index contributed by atoms with van der Waals surface area (Å²) in [6.07, 6.45) is 3.59. The fourth-order valence-electron chi connectivity index (χ4n) is 4.12. The quantitative estimate of drug-likeness (QED) is 0.733. The molecular formula is C23H24BrN3O2. The molecule has 1 fully saturated rings. The Kier molecular flexibility index (Phi) is 5.54. The van der Waals surface area contributed by atoms with E-state index >= 15 is 0 Å². The van der Waals surface area contributed by atoms with Crippen LogP contribution in [0.4, 0.5) is 5.69 Å². The van der Waals surface area contributed by atoms with E-state index in [0.717, 1.165) is 35.7 Å². The fourth-order valence-corrected chi connectivity index (χ4v) is 4.38. The van der Waals surface area contributed by atoms with Gasteiger partial charge in [0.05, 0.1) is 0 Å². The first-order valence-corrected chi connectivity index (χ1v) is 10.8.